The van der Waals surface area contributed by atoms with Gasteiger partial charge in [0.25, 0.3) is 0 Å². The van der Waals surface area contributed by atoms with E-state index in [0.717, 1.165) is 0 Å². The second-order valence-electron chi connectivity index (χ2n) is 4.98. The van der Waals surface area contributed by atoms with Crippen molar-refractivity contribution >= 4 is 48.2 Å². The molecule has 0 saturated heterocycles. The Bertz CT molecular complexity index is 594. The van der Waals surface area contributed by atoms with Crippen molar-refractivity contribution < 1.29 is 4.52 Å². The molecule has 1 nitrogen and oxygen atoms in total. The maximum absolute atomic E-state index is 6.24. The van der Waals surface area contributed by atoms with Gasteiger partial charge in [0.2, 0.25) is 0 Å². The molecule has 23 heavy (non-hydrogen) atoms. The van der Waals surface area contributed by atoms with Crippen molar-refractivity contribution in [2.75, 3.05) is 7.11 Å². The molecule has 0 radical (unpaired) electrons. The number of hydrogen-bond acceptors (Lipinski definition) is 1. The number of hydrogen-bond donors (Lipinski definition) is 0. The smallest absolute Gasteiger partial charge is 0.147 e. The first-order valence-electron chi connectivity index (χ1n) is 7.09. The predicted molar refractivity (Wildman–Crippen MR) is 108 cm³/mol. The van der Waals surface area contributed by atoms with Crippen LogP contribution in [0, 0.1) is 0 Å². The average Bonchev–Trinajstić information content (AvgIpc) is 2.59. The molecule has 0 amide bonds. The molecule has 0 atom stereocenters. The van der Waals surface area contributed by atoms with Gasteiger partial charge in [0.1, 0.15) is 0 Å². The Morgan fingerprint density at radius 1 is 0.522 bits per heavy atom. The van der Waals surface area contributed by atoms with Gasteiger partial charge in [0.05, 0.1) is 0 Å². The predicted octanol–water partition coefficient (Wildman–Crippen LogP) is 4.12. The quantitative estimate of drug-likeness (QED) is 0.631. The van der Waals surface area contributed by atoms with Crippen LogP contribution in [0.15, 0.2) is 91.0 Å². The molecule has 0 bridgehead atoms. The fraction of sp³-hybridized carbons (Fsp3) is 0.0526. The Hall–Kier alpha value is -1.37. The van der Waals surface area contributed by atoms with Gasteiger partial charge in [0, 0.05) is 0 Å². The van der Waals surface area contributed by atoms with Crippen molar-refractivity contribution in [3.05, 3.63) is 91.0 Å². The molecule has 3 aromatic rings. The van der Waals surface area contributed by atoms with Gasteiger partial charge in [-0.3, -0.25) is 0 Å². The van der Waals surface area contributed by atoms with Gasteiger partial charge in [-0.1, -0.05) is 0 Å². The first-order chi connectivity index (χ1) is 10.4. The summed E-state index contributed by atoms with van der Waals surface area (Å²) in [6, 6.07) is 31.7. The third kappa shape index (κ3) is 3.76. The fourth-order valence-corrected chi connectivity index (χ4v) is 6.56. The molecule has 4 heteroatoms. The molecular weight excluding hydrogens is 346 g/mol. The molecule has 0 fully saturated rings. The standard InChI is InChI=1S/C19H19OP.2ClH/c1-20-21(17-11-5-2-6-12-17,18-13-7-3-8-14-18)19-15-9-4-10-16-19;;/h2-16,21H,1H3;2*1H. The number of rotatable bonds is 4. The zero-order chi connectivity index (χ0) is 14.5. The molecular formula is C19H21Cl2OP. The van der Waals surface area contributed by atoms with Crippen LogP contribution in [0.25, 0.3) is 0 Å². The van der Waals surface area contributed by atoms with Crippen LogP contribution in [0.5, 0.6) is 0 Å². The number of benzene rings is 3. The van der Waals surface area contributed by atoms with E-state index < -0.39 is 7.49 Å². The molecule has 0 saturated carbocycles. The molecule has 0 aliphatic rings. The summed E-state index contributed by atoms with van der Waals surface area (Å²) < 4.78 is 6.24. The van der Waals surface area contributed by atoms with Crippen LogP contribution in [0.1, 0.15) is 0 Å². The second-order valence-corrected chi connectivity index (χ2v) is 8.49. The summed E-state index contributed by atoms with van der Waals surface area (Å²) in [5.74, 6) is 0. The van der Waals surface area contributed by atoms with Gasteiger partial charge in [0.15, 0.2) is 0 Å². The molecule has 0 spiro atoms. The summed E-state index contributed by atoms with van der Waals surface area (Å²) in [5.41, 5.74) is 0. The minimum atomic E-state index is -2.40. The van der Waals surface area contributed by atoms with Crippen LogP contribution in [0.2, 0.25) is 0 Å². The Kier molecular flexibility index (Phi) is 7.75. The van der Waals surface area contributed by atoms with Crippen LogP contribution in [0.3, 0.4) is 0 Å². The minimum absolute atomic E-state index is 0. The minimum Gasteiger partial charge on any atom is -0.147 e. The van der Waals surface area contributed by atoms with Crippen molar-refractivity contribution in [2.45, 2.75) is 0 Å². The van der Waals surface area contributed by atoms with Crippen molar-refractivity contribution in [2.24, 2.45) is 0 Å². The molecule has 0 heterocycles. The van der Waals surface area contributed by atoms with E-state index in [4.69, 9.17) is 4.52 Å². The fourth-order valence-electron chi connectivity index (χ4n) is 2.87. The van der Waals surface area contributed by atoms with E-state index in [2.05, 4.69) is 72.8 Å². The van der Waals surface area contributed by atoms with Crippen molar-refractivity contribution in [3.8, 4) is 0 Å². The van der Waals surface area contributed by atoms with Crippen LogP contribution in [-0.2, 0) is 4.52 Å². The Morgan fingerprint density at radius 2 is 0.783 bits per heavy atom. The molecule has 0 aromatic heterocycles. The van der Waals surface area contributed by atoms with Gasteiger partial charge in [-0.15, -0.1) is 24.8 Å². The van der Waals surface area contributed by atoms with Crippen LogP contribution < -0.4 is 15.9 Å². The molecule has 0 aliphatic carbocycles. The first kappa shape index (κ1) is 19.7. The van der Waals surface area contributed by atoms with E-state index in [1.165, 1.54) is 15.9 Å². The van der Waals surface area contributed by atoms with Gasteiger partial charge in [-0.05, 0) is 0 Å². The Morgan fingerprint density at radius 3 is 1.00 bits per heavy atom. The van der Waals surface area contributed by atoms with Gasteiger partial charge >= 0.3 is 126 Å². The first-order valence-corrected chi connectivity index (χ1v) is 9.00. The molecule has 3 rings (SSSR count). The molecule has 122 valence electrons. The molecule has 0 N–H and O–H groups in total. The van der Waals surface area contributed by atoms with Gasteiger partial charge < -0.3 is 0 Å². The zero-order valence-electron chi connectivity index (χ0n) is 12.9. The van der Waals surface area contributed by atoms with Crippen LogP contribution in [-0.4, -0.2) is 7.11 Å². The third-order valence-corrected chi connectivity index (χ3v) is 7.90. The summed E-state index contributed by atoms with van der Waals surface area (Å²) in [4.78, 5) is 0. The Balaban J connectivity index is 0.00000132. The van der Waals surface area contributed by atoms with E-state index in [1.807, 2.05) is 25.3 Å². The van der Waals surface area contributed by atoms with Crippen LogP contribution >= 0.6 is 32.3 Å². The molecule has 3 aromatic carbocycles. The maximum Gasteiger partial charge on any atom is -0.147 e. The van der Waals surface area contributed by atoms with E-state index in [-0.39, 0.29) is 24.8 Å². The van der Waals surface area contributed by atoms with Crippen LogP contribution in [0.4, 0.5) is 0 Å². The number of halogens is 2. The van der Waals surface area contributed by atoms with E-state index in [1.54, 1.807) is 0 Å². The third-order valence-electron chi connectivity index (χ3n) is 3.85. The van der Waals surface area contributed by atoms with E-state index >= 15 is 0 Å². The van der Waals surface area contributed by atoms with Crippen molar-refractivity contribution in [3.63, 3.8) is 0 Å². The van der Waals surface area contributed by atoms with E-state index in [9.17, 15) is 0 Å². The average molecular weight is 367 g/mol. The zero-order valence-corrected chi connectivity index (χ0v) is 15.5. The summed E-state index contributed by atoms with van der Waals surface area (Å²) in [6.07, 6.45) is 0. The second kappa shape index (κ2) is 9.05. The van der Waals surface area contributed by atoms with E-state index in [0.29, 0.717) is 0 Å². The maximum atomic E-state index is 6.24. The van der Waals surface area contributed by atoms with Crippen molar-refractivity contribution in [1.29, 1.82) is 0 Å². The summed E-state index contributed by atoms with van der Waals surface area (Å²) in [5, 5.41) is 3.81. The van der Waals surface area contributed by atoms with Crippen molar-refractivity contribution in [1.82, 2.24) is 0 Å². The largest absolute Gasteiger partial charge is 0.147 e. The summed E-state index contributed by atoms with van der Waals surface area (Å²) in [7, 11) is -0.565. The molecule has 0 unspecified atom stereocenters. The normalized spacial score (nSPS) is 11.0. The van der Waals surface area contributed by atoms with Gasteiger partial charge in [-0.2, -0.15) is 0 Å². The Labute approximate surface area is 151 Å². The van der Waals surface area contributed by atoms with Gasteiger partial charge in [-0.25, -0.2) is 0 Å². The SMILES string of the molecule is CO[PH](c1ccccc1)(c1ccccc1)c1ccccc1.Cl.Cl. The monoisotopic (exact) mass is 366 g/mol. The summed E-state index contributed by atoms with van der Waals surface area (Å²) >= 11 is 0. The summed E-state index contributed by atoms with van der Waals surface area (Å²) in [6.45, 7) is 0. The topological polar surface area (TPSA) is 9.23 Å². The molecule has 0 aliphatic heterocycles.